The van der Waals surface area contributed by atoms with Gasteiger partial charge in [-0.2, -0.15) is 0 Å². The first-order valence-corrected chi connectivity index (χ1v) is 13.9. The van der Waals surface area contributed by atoms with E-state index in [1.54, 1.807) is 0 Å². The van der Waals surface area contributed by atoms with Crippen LogP contribution in [-0.2, 0) is 9.53 Å². The second-order valence-electron chi connectivity index (χ2n) is 12.7. The van der Waals surface area contributed by atoms with Crippen molar-refractivity contribution >= 4 is 5.97 Å². The molecule has 9 unspecified atom stereocenters. The van der Waals surface area contributed by atoms with Crippen molar-refractivity contribution in [2.75, 3.05) is 0 Å². The van der Waals surface area contributed by atoms with Crippen molar-refractivity contribution in [3.05, 3.63) is 36.0 Å². The van der Waals surface area contributed by atoms with Gasteiger partial charge in [0.1, 0.15) is 6.10 Å². The summed E-state index contributed by atoms with van der Waals surface area (Å²) in [5, 5.41) is 0. The van der Waals surface area contributed by atoms with E-state index in [1.807, 2.05) is 0 Å². The zero-order valence-corrected chi connectivity index (χ0v) is 22.3. The van der Waals surface area contributed by atoms with E-state index in [4.69, 9.17) is 4.74 Å². The molecule has 2 saturated carbocycles. The van der Waals surface area contributed by atoms with E-state index in [-0.39, 0.29) is 17.5 Å². The van der Waals surface area contributed by atoms with Crippen LogP contribution in [0.2, 0.25) is 0 Å². The summed E-state index contributed by atoms with van der Waals surface area (Å²) in [6.45, 7) is 16.2. The number of fused-ring (bicyclic) bond motifs is 5. The topological polar surface area (TPSA) is 26.3 Å². The fourth-order valence-electron chi connectivity index (χ4n) is 8.62. The molecule has 0 aromatic rings. The second-order valence-corrected chi connectivity index (χ2v) is 12.7. The first-order chi connectivity index (χ1) is 15.6. The molecule has 4 rings (SSSR count). The van der Waals surface area contributed by atoms with Crippen molar-refractivity contribution in [3.8, 4) is 0 Å². The van der Waals surface area contributed by atoms with Gasteiger partial charge in [-0.15, -0.1) is 0 Å². The number of rotatable bonds is 6. The molecular weight excluding hydrogens is 404 g/mol. The number of carbonyl (C=O) groups excluding carboxylic acids is 1. The van der Waals surface area contributed by atoms with Crippen molar-refractivity contribution in [1.82, 2.24) is 0 Å². The van der Waals surface area contributed by atoms with Crippen LogP contribution < -0.4 is 0 Å². The predicted octanol–water partition coefficient (Wildman–Crippen LogP) is 8.15. The van der Waals surface area contributed by atoms with Crippen molar-refractivity contribution in [2.24, 2.45) is 52.3 Å². The Morgan fingerprint density at radius 3 is 2.52 bits per heavy atom. The summed E-state index contributed by atoms with van der Waals surface area (Å²) < 4.78 is 5.55. The molecule has 2 fully saturated rings. The van der Waals surface area contributed by atoms with Crippen molar-refractivity contribution in [3.63, 3.8) is 0 Å². The molecule has 4 aliphatic carbocycles. The minimum absolute atomic E-state index is 0.0399. The highest BCUT2D eigenvalue weighted by Gasteiger charge is 2.58. The molecule has 0 saturated heterocycles. The zero-order chi connectivity index (χ0) is 24.0. The third-order valence-electron chi connectivity index (χ3n) is 10.6. The van der Waals surface area contributed by atoms with Crippen LogP contribution in [0.25, 0.3) is 0 Å². The van der Waals surface area contributed by atoms with Crippen LogP contribution in [0.5, 0.6) is 0 Å². The number of esters is 1. The fourth-order valence-corrected chi connectivity index (χ4v) is 8.62. The number of ether oxygens (including phenoxy) is 1. The number of hydrogen-bond acceptors (Lipinski definition) is 2. The lowest BCUT2D eigenvalue weighted by molar-refractivity contribution is -0.145. The molecule has 0 aliphatic heterocycles. The normalized spacial score (nSPS) is 41.8. The molecule has 0 N–H and O–H groups in total. The highest BCUT2D eigenvalue weighted by molar-refractivity contribution is 5.66. The summed E-state index contributed by atoms with van der Waals surface area (Å²) in [7, 11) is 0. The van der Waals surface area contributed by atoms with E-state index in [1.165, 1.54) is 44.6 Å². The SMILES string of the molecule is CCC(/C=C/C(C)C1CCC2C3C=CC4=CC(OC(C)=O)CCC4(C)C3CCC12C)C(C)C. The minimum Gasteiger partial charge on any atom is -0.458 e. The van der Waals surface area contributed by atoms with Crippen LogP contribution >= 0.6 is 0 Å². The first-order valence-electron chi connectivity index (χ1n) is 13.9. The Hall–Kier alpha value is -1.31. The smallest absolute Gasteiger partial charge is 0.303 e. The van der Waals surface area contributed by atoms with Gasteiger partial charge in [0.15, 0.2) is 0 Å². The molecule has 2 nitrogen and oxygen atoms in total. The van der Waals surface area contributed by atoms with Crippen molar-refractivity contribution in [1.29, 1.82) is 0 Å². The lowest BCUT2D eigenvalue weighted by Gasteiger charge is -2.57. The molecule has 0 aromatic carbocycles. The summed E-state index contributed by atoms with van der Waals surface area (Å²) in [6, 6.07) is 0. The van der Waals surface area contributed by atoms with Gasteiger partial charge in [-0.1, -0.05) is 65.8 Å². The summed E-state index contributed by atoms with van der Waals surface area (Å²) >= 11 is 0. The maximum atomic E-state index is 11.5. The maximum absolute atomic E-state index is 11.5. The van der Waals surface area contributed by atoms with Crippen molar-refractivity contribution < 1.29 is 9.53 Å². The summed E-state index contributed by atoms with van der Waals surface area (Å²) in [6.07, 6.45) is 21.1. The van der Waals surface area contributed by atoms with Crippen LogP contribution in [0.4, 0.5) is 0 Å². The van der Waals surface area contributed by atoms with E-state index >= 15 is 0 Å². The van der Waals surface area contributed by atoms with E-state index in [9.17, 15) is 4.79 Å². The van der Waals surface area contributed by atoms with Gasteiger partial charge >= 0.3 is 5.97 Å². The molecular formula is C31H48O2. The molecule has 4 aliphatic rings. The van der Waals surface area contributed by atoms with Crippen LogP contribution in [0, 0.1) is 52.3 Å². The lowest BCUT2D eigenvalue weighted by Crippen LogP contribution is -2.49. The third kappa shape index (κ3) is 4.41. The van der Waals surface area contributed by atoms with Gasteiger partial charge in [0.05, 0.1) is 0 Å². The molecule has 0 aromatic heterocycles. The minimum atomic E-state index is -0.162. The molecule has 184 valence electrons. The quantitative estimate of drug-likeness (QED) is 0.300. The highest BCUT2D eigenvalue weighted by Crippen LogP contribution is 2.66. The van der Waals surface area contributed by atoms with Gasteiger partial charge in [0, 0.05) is 6.92 Å². The summed E-state index contributed by atoms with van der Waals surface area (Å²) in [5.41, 5.74) is 2.13. The number of carbonyl (C=O) groups is 1. The first kappa shape index (κ1) is 24.8. The van der Waals surface area contributed by atoms with E-state index in [0.29, 0.717) is 23.2 Å². The molecule has 0 bridgehead atoms. The Balaban J connectivity index is 1.53. The molecule has 0 heterocycles. The monoisotopic (exact) mass is 452 g/mol. The van der Waals surface area contributed by atoms with Crippen LogP contribution in [0.15, 0.2) is 36.0 Å². The van der Waals surface area contributed by atoms with Gasteiger partial charge in [-0.25, -0.2) is 0 Å². The van der Waals surface area contributed by atoms with E-state index in [2.05, 4.69) is 71.9 Å². The molecule has 0 radical (unpaired) electrons. The highest BCUT2D eigenvalue weighted by atomic mass is 16.5. The van der Waals surface area contributed by atoms with Crippen molar-refractivity contribution in [2.45, 2.75) is 99.5 Å². The summed E-state index contributed by atoms with van der Waals surface area (Å²) in [5.74, 6) is 5.00. The predicted molar refractivity (Wildman–Crippen MR) is 138 cm³/mol. The lowest BCUT2D eigenvalue weighted by atomic mass is 9.48. The number of hydrogen-bond donors (Lipinski definition) is 0. The Labute approximate surface area is 203 Å². The van der Waals surface area contributed by atoms with Crippen LogP contribution in [0.3, 0.4) is 0 Å². The van der Waals surface area contributed by atoms with Gasteiger partial charge < -0.3 is 4.74 Å². The average Bonchev–Trinajstić information content (AvgIpc) is 3.11. The molecule has 9 atom stereocenters. The molecule has 2 heteroatoms. The fraction of sp³-hybridized carbons (Fsp3) is 0.774. The van der Waals surface area contributed by atoms with E-state index < -0.39 is 0 Å². The Morgan fingerprint density at radius 1 is 1.09 bits per heavy atom. The maximum Gasteiger partial charge on any atom is 0.303 e. The van der Waals surface area contributed by atoms with Gasteiger partial charge in [-0.3, -0.25) is 4.79 Å². The van der Waals surface area contributed by atoms with Gasteiger partial charge in [0.2, 0.25) is 0 Å². The van der Waals surface area contributed by atoms with Crippen LogP contribution in [0.1, 0.15) is 93.4 Å². The van der Waals surface area contributed by atoms with E-state index in [0.717, 1.165) is 36.5 Å². The second kappa shape index (κ2) is 9.38. The molecule has 0 amide bonds. The van der Waals surface area contributed by atoms with Gasteiger partial charge in [0.25, 0.3) is 0 Å². The zero-order valence-electron chi connectivity index (χ0n) is 22.3. The summed E-state index contributed by atoms with van der Waals surface area (Å²) in [4.78, 5) is 11.5. The standard InChI is InChI=1S/C31H48O2/c1-8-23(20(2)3)10-9-21(4)27-13-14-28-26-12-11-24-19-25(33-22(5)32)15-17-30(24,6)29(26)16-18-31(27,28)7/h9-12,19-21,23,25-29H,8,13-18H2,1-7H3/b10-9+. The third-order valence-corrected chi connectivity index (χ3v) is 10.6. The Kier molecular flexibility index (Phi) is 7.05. The molecule has 0 spiro atoms. The average molecular weight is 453 g/mol. The molecule has 33 heavy (non-hydrogen) atoms. The largest absolute Gasteiger partial charge is 0.458 e. The Morgan fingerprint density at radius 2 is 1.85 bits per heavy atom. The van der Waals surface area contributed by atoms with Gasteiger partial charge in [-0.05, 0) is 109 Å². The number of allylic oxidation sites excluding steroid dienone is 5. The Bertz CT molecular complexity index is 819. The van der Waals surface area contributed by atoms with Crippen LogP contribution in [-0.4, -0.2) is 12.1 Å².